The maximum Gasteiger partial charge on any atom is 0.255 e. The second kappa shape index (κ2) is 12.4. The standard InChI is InChI=1S/C29H29N3O5S/c1-36-27-16-15-25(19-28(27)37-2)38(34,35)32(18-17-22-9-4-3-5-10-22)21-29(33)31-30-20-24-13-8-12-23-11-6-7-14-26(23)24/h3-16,19-20H,17-18,21H2,1-2H3,(H,31,33)/b30-20-. The summed E-state index contributed by atoms with van der Waals surface area (Å²) in [5.41, 5.74) is 4.26. The molecule has 1 amide bonds. The van der Waals surface area contributed by atoms with E-state index in [1.165, 1.54) is 32.4 Å². The highest BCUT2D eigenvalue weighted by Crippen LogP contribution is 2.30. The fourth-order valence-corrected chi connectivity index (χ4v) is 5.45. The van der Waals surface area contributed by atoms with Crippen molar-refractivity contribution in [2.24, 2.45) is 5.10 Å². The summed E-state index contributed by atoms with van der Waals surface area (Å²) in [6.07, 6.45) is 1.98. The van der Waals surface area contributed by atoms with Crippen LogP contribution in [-0.2, 0) is 21.2 Å². The van der Waals surface area contributed by atoms with Gasteiger partial charge in [-0.25, -0.2) is 13.8 Å². The molecule has 9 heteroatoms. The SMILES string of the molecule is COc1ccc(S(=O)(=O)N(CCc2ccccc2)CC(=O)N/N=C\c2cccc3ccccc23)cc1OC. The van der Waals surface area contributed by atoms with Crippen LogP contribution in [0.1, 0.15) is 11.1 Å². The number of methoxy groups -OCH3 is 2. The number of benzene rings is 4. The molecule has 0 saturated carbocycles. The Labute approximate surface area is 222 Å². The van der Waals surface area contributed by atoms with Crippen LogP contribution in [0.2, 0.25) is 0 Å². The van der Waals surface area contributed by atoms with E-state index in [2.05, 4.69) is 10.5 Å². The van der Waals surface area contributed by atoms with E-state index in [9.17, 15) is 13.2 Å². The van der Waals surface area contributed by atoms with Gasteiger partial charge in [0.1, 0.15) is 0 Å². The van der Waals surface area contributed by atoms with Gasteiger partial charge in [0.25, 0.3) is 5.91 Å². The van der Waals surface area contributed by atoms with Crippen molar-refractivity contribution in [3.05, 3.63) is 102 Å². The van der Waals surface area contributed by atoms with Gasteiger partial charge in [-0.05, 0) is 34.9 Å². The third kappa shape index (κ3) is 6.37. The summed E-state index contributed by atoms with van der Waals surface area (Å²) in [5.74, 6) is 0.127. The van der Waals surface area contributed by atoms with Crippen molar-refractivity contribution in [2.75, 3.05) is 27.3 Å². The Morgan fingerprint density at radius 2 is 1.61 bits per heavy atom. The largest absolute Gasteiger partial charge is 0.493 e. The quantitative estimate of drug-likeness (QED) is 0.231. The lowest BCUT2D eigenvalue weighted by atomic mass is 10.1. The first-order valence-corrected chi connectivity index (χ1v) is 13.4. The van der Waals surface area contributed by atoms with Crippen LogP contribution < -0.4 is 14.9 Å². The molecule has 0 fully saturated rings. The summed E-state index contributed by atoms with van der Waals surface area (Å²) >= 11 is 0. The van der Waals surface area contributed by atoms with Crippen molar-refractivity contribution in [1.82, 2.24) is 9.73 Å². The third-order valence-electron chi connectivity index (χ3n) is 6.02. The molecule has 4 aromatic rings. The van der Waals surface area contributed by atoms with Gasteiger partial charge in [-0.1, -0.05) is 72.8 Å². The Kier molecular flexibility index (Phi) is 8.73. The van der Waals surface area contributed by atoms with E-state index in [1.54, 1.807) is 6.21 Å². The van der Waals surface area contributed by atoms with E-state index >= 15 is 0 Å². The Morgan fingerprint density at radius 1 is 0.895 bits per heavy atom. The zero-order valence-corrected chi connectivity index (χ0v) is 22.0. The predicted octanol–water partition coefficient (Wildman–Crippen LogP) is 4.24. The molecule has 196 valence electrons. The van der Waals surface area contributed by atoms with Crippen LogP contribution in [0.5, 0.6) is 11.5 Å². The van der Waals surface area contributed by atoms with E-state index in [-0.39, 0.29) is 17.2 Å². The van der Waals surface area contributed by atoms with Gasteiger partial charge in [0.15, 0.2) is 11.5 Å². The Morgan fingerprint density at radius 3 is 2.37 bits per heavy atom. The molecular formula is C29H29N3O5S. The highest BCUT2D eigenvalue weighted by Gasteiger charge is 2.27. The van der Waals surface area contributed by atoms with Gasteiger partial charge >= 0.3 is 0 Å². The molecule has 0 aliphatic rings. The van der Waals surface area contributed by atoms with Gasteiger partial charge in [-0.3, -0.25) is 4.79 Å². The zero-order valence-electron chi connectivity index (χ0n) is 21.2. The lowest BCUT2D eigenvalue weighted by Crippen LogP contribution is -2.40. The molecule has 4 aromatic carbocycles. The summed E-state index contributed by atoms with van der Waals surface area (Å²) < 4.78 is 38.9. The predicted molar refractivity (Wildman–Crippen MR) is 148 cm³/mol. The number of carbonyl (C=O) groups excluding carboxylic acids is 1. The number of hydrogen-bond donors (Lipinski definition) is 1. The van der Waals surface area contributed by atoms with Crippen molar-refractivity contribution in [3.8, 4) is 11.5 Å². The van der Waals surface area contributed by atoms with Crippen molar-refractivity contribution < 1.29 is 22.7 Å². The maximum atomic E-state index is 13.6. The third-order valence-corrected chi connectivity index (χ3v) is 7.86. The van der Waals surface area contributed by atoms with Gasteiger partial charge in [0, 0.05) is 18.2 Å². The van der Waals surface area contributed by atoms with Gasteiger partial charge < -0.3 is 9.47 Å². The van der Waals surface area contributed by atoms with Gasteiger partial charge in [0.05, 0.1) is 31.9 Å². The van der Waals surface area contributed by atoms with Crippen molar-refractivity contribution in [2.45, 2.75) is 11.3 Å². The summed E-state index contributed by atoms with van der Waals surface area (Å²) in [4.78, 5) is 12.8. The monoisotopic (exact) mass is 531 g/mol. The second-order valence-electron chi connectivity index (χ2n) is 8.45. The number of rotatable bonds is 11. The van der Waals surface area contributed by atoms with Crippen LogP contribution in [0.3, 0.4) is 0 Å². The number of hydrazone groups is 1. The van der Waals surface area contributed by atoms with E-state index in [0.717, 1.165) is 26.2 Å². The Bertz CT molecular complexity index is 1530. The Balaban J connectivity index is 1.54. The molecule has 0 heterocycles. The summed E-state index contributed by atoms with van der Waals surface area (Å²) in [5, 5.41) is 6.13. The van der Waals surface area contributed by atoms with Crippen molar-refractivity contribution in [3.63, 3.8) is 0 Å². The number of hydrogen-bond acceptors (Lipinski definition) is 6. The average molecular weight is 532 g/mol. The number of ether oxygens (including phenoxy) is 2. The van der Waals surface area contributed by atoms with Gasteiger partial charge in [-0.2, -0.15) is 9.41 Å². The van der Waals surface area contributed by atoms with Crippen LogP contribution in [0, 0.1) is 0 Å². The van der Waals surface area contributed by atoms with Crippen LogP contribution >= 0.6 is 0 Å². The molecule has 0 bridgehead atoms. The highest BCUT2D eigenvalue weighted by molar-refractivity contribution is 7.89. The molecule has 0 radical (unpaired) electrons. The molecule has 0 atom stereocenters. The van der Waals surface area contributed by atoms with Crippen LogP contribution in [0.15, 0.2) is 101 Å². The summed E-state index contributed by atoms with van der Waals surface area (Å²) in [6.45, 7) is -0.308. The minimum atomic E-state index is -4.04. The summed E-state index contributed by atoms with van der Waals surface area (Å²) in [7, 11) is -1.14. The normalized spacial score (nSPS) is 11.7. The number of nitrogens with one attached hydrogen (secondary N) is 1. The van der Waals surface area contributed by atoms with Crippen molar-refractivity contribution >= 4 is 32.9 Å². The molecule has 1 N–H and O–H groups in total. The molecular weight excluding hydrogens is 502 g/mol. The number of sulfonamides is 1. The number of nitrogens with zero attached hydrogens (tertiary/aromatic N) is 2. The molecule has 0 aliphatic heterocycles. The average Bonchev–Trinajstić information content (AvgIpc) is 2.95. The molecule has 8 nitrogen and oxygen atoms in total. The van der Waals surface area contributed by atoms with Gasteiger partial charge in [-0.15, -0.1) is 0 Å². The lowest BCUT2D eigenvalue weighted by molar-refractivity contribution is -0.121. The van der Waals surface area contributed by atoms with Crippen molar-refractivity contribution in [1.29, 1.82) is 0 Å². The molecule has 38 heavy (non-hydrogen) atoms. The molecule has 0 aromatic heterocycles. The second-order valence-corrected chi connectivity index (χ2v) is 10.4. The zero-order chi connectivity index (χ0) is 27.0. The minimum Gasteiger partial charge on any atom is -0.493 e. The Hall–Kier alpha value is -4.21. The molecule has 4 rings (SSSR count). The molecule has 0 saturated heterocycles. The van der Waals surface area contributed by atoms with Crippen LogP contribution in [-0.4, -0.2) is 52.2 Å². The summed E-state index contributed by atoms with van der Waals surface area (Å²) in [6, 6.07) is 27.5. The van der Waals surface area contributed by atoms with E-state index in [4.69, 9.17) is 9.47 Å². The van der Waals surface area contributed by atoms with Crippen LogP contribution in [0.4, 0.5) is 0 Å². The number of fused-ring (bicyclic) bond motifs is 1. The smallest absolute Gasteiger partial charge is 0.255 e. The molecule has 0 aliphatic carbocycles. The van der Waals surface area contributed by atoms with Crippen LogP contribution in [0.25, 0.3) is 10.8 Å². The number of amides is 1. The molecule has 0 spiro atoms. The fourth-order valence-electron chi connectivity index (χ4n) is 4.04. The first-order chi connectivity index (χ1) is 18.4. The van der Waals surface area contributed by atoms with E-state index < -0.39 is 22.5 Å². The van der Waals surface area contributed by atoms with Gasteiger partial charge in [0.2, 0.25) is 10.0 Å². The fraction of sp³-hybridized carbons (Fsp3) is 0.172. The first-order valence-electron chi connectivity index (χ1n) is 12.0. The highest BCUT2D eigenvalue weighted by atomic mass is 32.2. The van der Waals surface area contributed by atoms with E-state index in [0.29, 0.717) is 12.2 Å². The maximum absolute atomic E-state index is 13.6. The topological polar surface area (TPSA) is 97.3 Å². The minimum absolute atomic E-state index is 0.00438. The lowest BCUT2D eigenvalue weighted by Gasteiger charge is -2.22. The first kappa shape index (κ1) is 26.8. The number of carbonyl (C=O) groups is 1. The molecule has 0 unspecified atom stereocenters. The van der Waals surface area contributed by atoms with E-state index in [1.807, 2.05) is 72.8 Å².